The third kappa shape index (κ3) is 11.0. The smallest absolute Gasteiger partial charge is 0.174 e. The highest BCUT2D eigenvalue weighted by molar-refractivity contribution is 9.10. The zero-order valence-corrected chi connectivity index (χ0v) is 18.2. The molecule has 0 spiro atoms. The number of nitrogens with zero attached hydrogens (tertiary/aromatic N) is 1. The Morgan fingerprint density at radius 1 is 0.926 bits per heavy atom. The zero-order valence-electron chi connectivity index (χ0n) is 15.1. The van der Waals surface area contributed by atoms with Gasteiger partial charge in [-0.2, -0.15) is 5.26 Å². The molecule has 2 aromatic rings. The highest BCUT2D eigenvalue weighted by atomic mass is 79.9. The summed E-state index contributed by atoms with van der Waals surface area (Å²) in [6.07, 6.45) is 2.56. The van der Waals surface area contributed by atoms with Gasteiger partial charge in [0.25, 0.3) is 0 Å². The number of rotatable bonds is 5. The fourth-order valence-electron chi connectivity index (χ4n) is 1.91. The number of ether oxygens (including phenoxy) is 3. The molecule has 1 fully saturated rings. The van der Waals surface area contributed by atoms with E-state index in [1.807, 2.05) is 48.5 Å². The summed E-state index contributed by atoms with van der Waals surface area (Å²) in [6, 6.07) is 17.0. The van der Waals surface area contributed by atoms with E-state index in [0.717, 1.165) is 27.9 Å². The molecule has 5 nitrogen and oxygen atoms in total. The molecule has 1 aliphatic rings. The molecular formula is C20H24Br2N2O3. The van der Waals surface area contributed by atoms with Gasteiger partial charge in [0.2, 0.25) is 0 Å². The van der Waals surface area contributed by atoms with Gasteiger partial charge in [-0.15, -0.1) is 0 Å². The molecule has 7 heteroatoms. The van der Waals surface area contributed by atoms with Gasteiger partial charge in [-0.1, -0.05) is 24.3 Å². The number of hydrogen-bond acceptors (Lipinski definition) is 5. The average molecular weight is 500 g/mol. The standard InChI is InChI=1S/C8H10BrNO.C8H6BrNO.C4H8O/c2*9-7-3-1-2-4-8(7)11-6-5-10;1-2-4-5-3-1/h1-4H,5-6,10H2;1-4H,6H2;1-4H2. The van der Waals surface area contributed by atoms with Crippen LogP contribution in [0.1, 0.15) is 12.8 Å². The van der Waals surface area contributed by atoms with Crippen molar-refractivity contribution >= 4 is 31.9 Å². The summed E-state index contributed by atoms with van der Waals surface area (Å²) in [5.41, 5.74) is 5.29. The summed E-state index contributed by atoms with van der Waals surface area (Å²) in [5.74, 6) is 1.55. The maximum absolute atomic E-state index is 8.23. The Morgan fingerprint density at radius 2 is 1.44 bits per heavy atom. The lowest BCUT2D eigenvalue weighted by Crippen LogP contribution is -2.10. The van der Waals surface area contributed by atoms with Crippen LogP contribution in [0.3, 0.4) is 0 Å². The van der Waals surface area contributed by atoms with Crippen LogP contribution in [0.2, 0.25) is 0 Å². The molecule has 0 radical (unpaired) electrons. The van der Waals surface area contributed by atoms with E-state index in [-0.39, 0.29) is 6.61 Å². The van der Waals surface area contributed by atoms with Gasteiger partial charge < -0.3 is 19.9 Å². The van der Waals surface area contributed by atoms with Crippen molar-refractivity contribution in [3.63, 3.8) is 0 Å². The molecular weight excluding hydrogens is 476 g/mol. The fraction of sp³-hybridized carbons (Fsp3) is 0.350. The van der Waals surface area contributed by atoms with Crippen molar-refractivity contribution in [3.05, 3.63) is 57.5 Å². The van der Waals surface area contributed by atoms with Crippen LogP contribution in [0.5, 0.6) is 11.5 Å². The van der Waals surface area contributed by atoms with E-state index in [1.54, 1.807) is 6.07 Å². The Labute approximate surface area is 177 Å². The van der Waals surface area contributed by atoms with Crippen molar-refractivity contribution in [2.75, 3.05) is 33.0 Å². The van der Waals surface area contributed by atoms with Crippen LogP contribution in [0.25, 0.3) is 0 Å². The van der Waals surface area contributed by atoms with Crippen molar-refractivity contribution in [2.24, 2.45) is 5.73 Å². The van der Waals surface area contributed by atoms with Gasteiger partial charge in [0, 0.05) is 19.8 Å². The largest absolute Gasteiger partial charge is 0.491 e. The van der Waals surface area contributed by atoms with Crippen LogP contribution < -0.4 is 15.2 Å². The number of hydrogen-bond donors (Lipinski definition) is 1. The molecule has 27 heavy (non-hydrogen) atoms. The van der Waals surface area contributed by atoms with E-state index >= 15 is 0 Å². The van der Waals surface area contributed by atoms with Crippen LogP contribution >= 0.6 is 31.9 Å². The van der Waals surface area contributed by atoms with Crippen LogP contribution in [0.4, 0.5) is 0 Å². The Kier molecular flexibility index (Phi) is 13.4. The topological polar surface area (TPSA) is 77.5 Å². The number of para-hydroxylation sites is 2. The van der Waals surface area contributed by atoms with Crippen LogP contribution in [0.15, 0.2) is 57.5 Å². The Bertz CT molecular complexity index is 681. The van der Waals surface area contributed by atoms with E-state index in [1.165, 1.54) is 12.8 Å². The molecule has 2 aromatic carbocycles. The van der Waals surface area contributed by atoms with Gasteiger partial charge in [-0.05, 0) is 69.0 Å². The second kappa shape index (κ2) is 15.5. The van der Waals surface area contributed by atoms with Gasteiger partial charge in [-0.25, -0.2) is 0 Å². The molecule has 0 unspecified atom stereocenters. The Balaban J connectivity index is 0.000000216. The predicted octanol–water partition coefficient (Wildman–Crippen LogP) is 4.93. The molecule has 1 aliphatic heterocycles. The van der Waals surface area contributed by atoms with Gasteiger partial charge in [0.15, 0.2) is 6.61 Å². The van der Waals surface area contributed by atoms with Gasteiger partial charge in [-0.3, -0.25) is 0 Å². The number of nitrogens with two attached hydrogens (primary N) is 1. The number of nitriles is 1. The molecule has 3 rings (SSSR count). The van der Waals surface area contributed by atoms with Crippen molar-refractivity contribution in [2.45, 2.75) is 12.8 Å². The molecule has 2 N–H and O–H groups in total. The van der Waals surface area contributed by atoms with Crippen molar-refractivity contribution < 1.29 is 14.2 Å². The van der Waals surface area contributed by atoms with E-state index in [9.17, 15) is 0 Å². The third-order valence-electron chi connectivity index (χ3n) is 3.17. The molecule has 0 saturated carbocycles. The predicted molar refractivity (Wildman–Crippen MR) is 114 cm³/mol. The lowest BCUT2D eigenvalue weighted by molar-refractivity contribution is 0.198. The van der Waals surface area contributed by atoms with Crippen LogP contribution in [0, 0.1) is 11.3 Å². The van der Waals surface area contributed by atoms with Crippen LogP contribution in [-0.2, 0) is 4.74 Å². The minimum absolute atomic E-state index is 0.0859. The zero-order chi connectivity index (χ0) is 19.7. The minimum atomic E-state index is 0.0859. The van der Waals surface area contributed by atoms with Gasteiger partial charge >= 0.3 is 0 Å². The first-order chi connectivity index (χ1) is 13.2. The van der Waals surface area contributed by atoms with Crippen molar-refractivity contribution in [1.82, 2.24) is 0 Å². The number of benzene rings is 2. The summed E-state index contributed by atoms with van der Waals surface area (Å²) in [4.78, 5) is 0. The lowest BCUT2D eigenvalue weighted by atomic mass is 10.3. The van der Waals surface area contributed by atoms with Gasteiger partial charge in [0.05, 0.1) is 8.95 Å². The Hall–Kier alpha value is -1.59. The van der Waals surface area contributed by atoms with E-state index in [2.05, 4.69) is 31.9 Å². The van der Waals surface area contributed by atoms with Crippen molar-refractivity contribution in [3.8, 4) is 17.6 Å². The maximum Gasteiger partial charge on any atom is 0.174 e. The summed E-state index contributed by atoms with van der Waals surface area (Å²) < 4.78 is 17.2. The van der Waals surface area contributed by atoms with Gasteiger partial charge in [0.1, 0.15) is 24.2 Å². The summed E-state index contributed by atoms with van der Waals surface area (Å²) >= 11 is 6.65. The SMILES string of the molecule is C1CCOC1.N#CCOc1ccccc1Br.NCCOc1ccccc1Br. The van der Waals surface area contributed by atoms with E-state index in [4.69, 9.17) is 25.2 Å². The maximum atomic E-state index is 8.23. The molecule has 0 amide bonds. The first-order valence-electron chi connectivity index (χ1n) is 8.58. The first-order valence-corrected chi connectivity index (χ1v) is 10.2. The third-order valence-corrected chi connectivity index (χ3v) is 4.48. The summed E-state index contributed by atoms with van der Waals surface area (Å²) in [7, 11) is 0. The molecule has 0 aliphatic carbocycles. The van der Waals surface area contributed by atoms with E-state index in [0.29, 0.717) is 18.9 Å². The Morgan fingerprint density at radius 3 is 1.85 bits per heavy atom. The molecule has 146 valence electrons. The van der Waals surface area contributed by atoms with E-state index < -0.39 is 0 Å². The summed E-state index contributed by atoms with van der Waals surface area (Å²) in [6.45, 7) is 3.19. The van der Waals surface area contributed by atoms with Crippen LogP contribution in [-0.4, -0.2) is 33.0 Å². The highest BCUT2D eigenvalue weighted by Crippen LogP contribution is 2.24. The fourth-order valence-corrected chi connectivity index (χ4v) is 2.71. The second-order valence-electron chi connectivity index (χ2n) is 5.26. The summed E-state index contributed by atoms with van der Waals surface area (Å²) in [5, 5.41) is 8.23. The molecule has 0 atom stereocenters. The monoisotopic (exact) mass is 498 g/mol. The molecule has 1 heterocycles. The first kappa shape index (κ1) is 23.4. The number of halogens is 2. The normalized spacial score (nSPS) is 11.9. The molecule has 0 bridgehead atoms. The van der Waals surface area contributed by atoms with Crippen molar-refractivity contribution in [1.29, 1.82) is 5.26 Å². The minimum Gasteiger partial charge on any atom is -0.491 e. The highest BCUT2D eigenvalue weighted by Gasteiger charge is 1.97. The average Bonchev–Trinajstić information content (AvgIpc) is 3.27. The quantitative estimate of drug-likeness (QED) is 0.630. The second-order valence-corrected chi connectivity index (χ2v) is 6.97. The molecule has 1 saturated heterocycles. The lowest BCUT2D eigenvalue weighted by Gasteiger charge is -2.04. The molecule has 0 aromatic heterocycles.